The Kier molecular flexibility index (Phi) is 6.31. The van der Waals surface area contributed by atoms with E-state index in [9.17, 15) is 4.79 Å². The highest BCUT2D eigenvalue weighted by atomic mass is 32.2. The number of amides is 1. The highest BCUT2D eigenvalue weighted by molar-refractivity contribution is 7.99. The van der Waals surface area contributed by atoms with Crippen molar-refractivity contribution in [1.82, 2.24) is 0 Å². The topological polar surface area (TPSA) is 52.9 Å². The molecule has 3 nitrogen and oxygen atoms in total. The van der Waals surface area contributed by atoms with Gasteiger partial charge in [-0.1, -0.05) is 26.0 Å². The minimum absolute atomic E-state index is 0.0259. The Morgan fingerprint density at radius 1 is 1.44 bits per heavy atom. The summed E-state index contributed by atoms with van der Waals surface area (Å²) in [5.41, 5.74) is 1.10. The summed E-state index contributed by atoms with van der Waals surface area (Å²) in [6.45, 7) is 4.29. The number of nitrogens with one attached hydrogen (secondary N) is 1. The van der Waals surface area contributed by atoms with E-state index in [4.69, 9.17) is 5.26 Å². The van der Waals surface area contributed by atoms with Crippen LogP contribution in [0.15, 0.2) is 24.3 Å². The highest BCUT2D eigenvalue weighted by Crippen LogP contribution is 2.15. The average molecular weight is 262 g/mol. The number of nitrogens with zero attached hydrogens (tertiary/aromatic N) is 1. The zero-order valence-electron chi connectivity index (χ0n) is 10.8. The summed E-state index contributed by atoms with van der Waals surface area (Å²) in [6.07, 6.45) is 1.36. The number of nitriles is 1. The molecule has 4 heteroatoms. The third kappa shape index (κ3) is 5.24. The predicted molar refractivity (Wildman–Crippen MR) is 76.6 cm³/mol. The molecule has 18 heavy (non-hydrogen) atoms. The number of benzene rings is 1. The van der Waals surface area contributed by atoms with Gasteiger partial charge in [0.2, 0.25) is 5.91 Å². The second-order valence-electron chi connectivity index (χ2n) is 4.23. The zero-order chi connectivity index (χ0) is 13.4. The largest absolute Gasteiger partial charge is 0.325 e. The van der Waals surface area contributed by atoms with Gasteiger partial charge in [0.05, 0.1) is 11.3 Å². The standard InChI is InChI=1S/C14H18N2OS/c1-11(2)18-9-5-8-14(17)16-13-7-4-3-6-12(13)10-15/h3-4,6-7,11H,5,8-9H2,1-2H3,(H,16,17). The van der Waals surface area contributed by atoms with Gasteiger partial charge in [0, 0.05) is 6.42 Å². The molecule has 1 amide bonds. The van der Waals surface area contributed by atoms with E-state index in [0.29, 0.717) is 22.9 Å². The van der Waals surface area contributed by atoms with E-state index in [1.807, 2.05) is 17.8 Å². The molecule has 0 aromatic heterocycles. The van der Waals surface area contributed by atoms with Crippen molar-refractivity contribution in [2.75, 3.05) is 11.1 Å². The van der Waals surface area contributed by atoms with Crippen LogP contribution in [0, 0.1) is 11.3 Å². The lowest BCUT2D eigenvalue weighted by molar-refractivity contribution is -0.116. The molecule has 0 aliphatic heterocycles. The van der Waals surface area contributed by atoms with Crippen LogP contribution in [0.4, 0.5) is 5.69 Å². The summed E-state index contributed by atoms with van der Waals surface area (Å²) in [4.78, 5) is 11.7. The molecule has 0 fully saturated rings. The highest BCUT2D eigenvalue weighted by Gasteiger charge is 2.06. The normalized spacial score (nSPS) is 10.1. The lowest BCUT2D eigenvalue weighted by Crippen LogP contribution is -2.12. The molecule has 0 aliphatic rings. The van der Waals surface area contributed by atoms with Crippen molar-refractivity contribution >= 4 is 23.4 Å². The van der Waals surface area contributed by atoms with Crippen molar-refractivity contribution in [3.05, 3.63) is 29.8 Å². The molecule has 1 aromatic rings. The maximum absolute atomic E-state index is 11.7. The number of carbonyl (C=O) groups is 1. The van der Waals surface area contributed by atoms with Crippen LogP contribution >= 0.6 is 11.8 Å². The fourth-order valence-corrected chi connectivity index (χ4v) is 2.24. The Balaban J connectivity index is 2.38. The number of thioether (sulfide) groups is 1. The van der Waals surface area contributed by atoms with E-state index in [2.05, 4.69) is 25.2 Å². The smallest absolute Gasteiger partial charge is 0.224 e. The van der Waals surface area contributed by atoms with Crippen LogP contribution in [0.25, 0.3) is 0 Å². The first-order valence-electron chi connectivity index (χ1n) is 6.04. The third-order valence-electron chi connectivity index (χ3n) is 2.32. The second kappa shape index (κ2) is 7.78. The fraction of sp³-hybridized carbons (Fsp3) is 0.429. The molecule has 0 aliphatic carbocycles. The van der Waals surface area contributed by atoms with Crippen molar-refractivity contribution in [1.29, 1.82) is 5.26 Å². The second-order valence-corrected chi connectivity index (χ2v) is 5.91. The first-order chi connectivity index (χ1) is 8.63. The van der Waals surface area contributed by atoms with Crippen LogP contribution in [0.1, 0.15) is 32.3 Å². The first-order valence-corrected chi connectivity index (χ1v) is 7.09. The molecule has 0 saturated heterocycles. The van der Waals surface area contributed by atoms with E-state index in [0.717, 1.165) is 12.2 Å². The van der Waals surface area contributed by atoms with Crippen molar-refractivity contribution in [2.45, 2.75) is 31.9 Å². The number of para-hydroxylation sites is 1. The first kappa shape index (κ1) is 14.6. The minimum atomic E-state index is -0.0259. The van der Waals surface area contributed by atoms with E-state index in [-0.39, 0.29) is 5.91 Å². The molecule has 0 saturated carbocycles. The van der Waals surface area contributed by atoms with Crippen molar-refractivity contribution in [3.8, 4) is 6.07 Å². The molecule has 0 heterocycles. The molecule has 0 atom stereocenters. The minimum Gasteiger partial charge on any atom is -0.325 e. The van der Waals surface area contributed by atoms with Crippen molar-refractivity contribution in [3.63, 3.8) is 0 Å². The monoisotopic (exact) mass is 262 g/mol. The molecule has 0 spiro atoms. The predicted octanol–water partition coefficient (Wildman–Crippen LogP) is 3.42. The van der Waals surface area contributed by atoms with Gasteiger partial charge in [0.1, 0.15) is 6.07 Å². The van der Waals surface area contributed by atoms with Crippen LogP contribution in [0.2, 0.25) is 0 Å². The summed E-state index contributed by atoms with van der Waals surface area (Å²) < 4.78 is 0. The Bertz CT molecular complexity index is 438. The Morgan fingerprint density at radius 2 is 2.17 bits per heavy atom. The molecule has 1 N–H and O–H groups in total. The maximum atomic E-state index is 11.7. The van der Waals surface area contributed by atoms with Crippen LogP contribution in [0.5, 0.6) is 0 Å². The molecule has 0 unspecified atom stereocenters. The molecular formula is C14H18N2OS. The zero-order valence-corrected chi connectivity index (χ0v) is 11.6. The summed E-state index contributed by atoms with van der Waals surface area (Å²) in [5.74, 6) is 0.965. The van der Waals surface area contributed by atoms with E-state index < -0.39 is 0 Å². The van der Waals surface area contributed by atoms with Crippen LogP contribution in [-0.4, -0.2) is 16.9 Å². The molecule has 1 aromatic carbocycles. The van der Waals surface area contributed by atoms with Crippen LogP contribution in [0.3, 0.4) is 0 Å². The van der Waals surface area contributed by atoms with Gasteiger partial charge in [-0.3, -0.25) is 4.79 Å². The number of hydrogen-bond acceptors (Lipinski definition) is 3. The van der Waals surface area contributed by atoms with Gasteiger partial charge < -0.3 is 5.32 Å². The van der Waals surface area contributed by atoms with Gasteiger partial charge in [-0.25, -0.2) is 0 Å². The van der Waals surface area contributed by atoms with Crippen molar-refractivity contribution < 1.29 is 4.79 Å². The molecular weight excluding hydrogens is 244 g/mol. The maximum Gasteiger partial charge on any atom is 0.224 e. The van der Waals surface area contributed by atoms with E-state index in [1.54, 1.807) is 18.2 Å². The lowest BCUT2D eigenvalue weighted by Gasteiger charge is -2.07. The van der Waals surface area contributed by atoms with Gasteiger partial charge >= 0.3 is 0 Å². The van der Waals surface area contributed by atoms with Gasteiger partial charge in [0.25, 0.3) is 0 Å². The Morgan fingerprint density at radius 3 is 2.83 bits per heavy atom. The van der Waals surface area contributed by atoms with Gasteiger partial charge in [-0.15, -0.1) is 0 Å². The number of anilines is 1. The SMILES string of the molecule is CC(C)SCCCC(=O)Nc1ccccc1C#N. The fourth-order valence-electron chi connectivity index (χ4n) is 1.45. The number of carbonyl (C=O) groups excluding carboxylic acids is 1. The van der Waals surface area contributed by atoms with Gasteiger partial charge in [-0.05, 0) is 29.6 Å². The summed E-state index contributed by atoms with van der Waals surface area (Å²) >= 11 is 1.85. The molecule has 1 rings (SSSR count). The number of rotatable bonds is 6. The molecule has 0 radical (unpaired) electrons. The third-order valence-corrected chi connectivity index (χ3v) is 3.51. The Labute approximate surface area is 113 Å². The van der Waals surface area contributed by atoms with E-state index in [1.165, 1.54) is 0 Å². The summed E-state index contributed by atoms with van der Waals surface area (Å²) in [5, 5.41) is 12.3. The lowest BCUT2D eigenvalue weighted by atomic mass is 10.2. The Hall–Kier alpha value is -1.47. The van der Waals surface area contributed by atoms with Crippen molar-refractivity contribution in [2.24, 2.45) is 0 Å². The molecule has 96 valence electrons. The van der Waals surface area contributed by atoms with Crippen LogP contribution in [-0.2, 0) is 4.79 Å². The summed E-state index contributed by atoms with van der Waals surface area (Å²) in [7, 11) is 0. The molecule has 0 bridgehead atoms. The average Bonchev–Trinajstić information content (AvgIpc) is 2.35. The quantitative estimate of drug-likeness (QED) is 0.799. The summed E-state index contributed by atoms with van der Waals surface area (Å²) in [6, 6.07) is 9.11. The van der Waals surface area contributed by atoms with Crippen LogP contribution < -0.4 is 5.32 Å². The van der Waals surface area contributed by atoms with Gasteiger partial charge in [0.15, 0.2) is 0 Å². The number of hydrogen-bond donors (Lipinski definition) is 1. The van der Waals surface area contributed by atoms with E-state index >= 15 is 0 Å². The van der Waals surface area contributed by atoms with Gasteiger partial charge in [-0.2, -0.15) is 17.0 Å².